The van der Waals surface area contributed by atoms with Crippen LogP contribution in [-0.2, 0) is 11.8 Å². The van der Waals surface area contributed by atoms with Crippen molar-refractivity contribution < 1.29 is 18.3 Å². The minimum atomic E-state index is -2.68. The van der Waals surface area contributed by atoms with E-state index in [1.54, 1.807) is 7.05 Å². The SMILES string of the molecule is Cn1ncc2c(C(=O)OCC(F)F)ccnc21. The number of alkyl halides is 2. The summed E-state index contributed by atoms with van der Waals surface area (Å²) in [6, 6.07) is 1.41. The van der Waals surface area contributed by atoms with E-state index in [2.05, 4.69) is 14.8 Å². The van der Waals surface area contributed by atoms with Gasteiger partial charge in [-0.15, -0.1) is 0 Å². The van der Waals surface area contributed by atoms with Gasteiger partial charge in [0.25, 0.3) is 6.43 Å². The largest absolute Gasteiger partial charge is 0.456 e. The fraction of sp³-hybridized carbons (Fsp3) is 0.300. The molecule has 0 aliphatic heterocycles. The van der Waals surface area contributed by atoms with Crippen LogP contribution in [-0.4, -0.2) is 33.8 Å². The summed E-state index contributed by atoms with van der Waals surface area (Å²) in [6.45, 7) is -0.914. The summed E-state index contributed by atoms with van der Waals surface area (Å²) >= 11 is 0. The van der Waals surface area contributed by atoms with Crippen LogP contribution in [0.4, 0.5) is 8.78 Å². The van der Waals surface area contributed by atoms with Gasteiger partial charge in [0.15, 0.2) is 12.3 Å². The Balaban J connectivity index is 2.32. The molecular weight excluding hydrogens is 232 g/mol. The first-order valence-corrected chi connectivity index (χ1v) is 4.81. The van der Waals surface area contributed by atoms with Crippen LogP contribution in [0.25, 0.3) is 11.0 Å². The molecule has 0 aliphatic rings. The zero-order chi connectivity index (χ0) is 12.4. The Morgan fingerprint density at radius 3 is 3.06 bits per heavy atom. The first kappa shape index (κ1) is 11.4. The van der Waals surface area contributed by atoms with E-state index in [1.165, 1.54) is 23.1 Å². The van der Waals surface area contributed by atoms with Crippen LogP contribution in [0.3, 0.4) is 0 Å². The number of esters is 1. The number of hydrogen-bond donors (Lipinski definition) is 0. The van der Waals surface area contributed by atoms with Gasteiger partial charge in [0.2, 0.25) is 0 Å². The molecule has 0 saturated carbocycles. The lowest BCUT2D eigenvalue weighted by molar-refractivity contribution is 0.0161. The van der Waals surface area contributed by atoms with Crippen LogP contribution < -0.4 is 0 Å². The maximum Gasteiger partial charge on any atom is 0.339 e. The average molecular weight is 241 g/mol. The monoisotopic (exact) mass is 241 g/mol. The molecule has 17 heavy (non-hydrogen) atoms. The summed E-state index contributed by atoms with van der Waals surface area (Å²) in [5.74, 6) is -0.800. The van der Waals surface area contributed by atoms with E-state index < -0.39 is 19.0 Å². The van der Waals surface area contributed by atoms with Gasteiger partial charge in [-0.1, -0.05) is 0 Å². The number of rotatable bonds is 3. The van der Waals surface area contributed by atoms with Crippen LogP contribution in [0.2, 0.25) is 0 Å². The third-order valence-corrected chi connectivity index (χ3v) is 2.20. The highest BCUT2D eigenvalue weighted by molar-refractivity contribution is 6.02. The lowest BCUT2D eigenvalue weighted by Gasteiger charge is -2.04. The fourth-order valence-corrected chi connectivity index (χ4v) is 1.44. The van der Waals surface area contributed by atoms with Gasteiger partial charge in [-0.25, -0.2) is 18.6 Å². The van der Waals surface area contributed by atoms with Crippen molar-refractivity contribution in [1.29, 1.82) is 0 Å². The number of aryl methyl sites for hydroxylation is 1. The summed E-state index contributed by atoms with van der Waals surface area (Å²) in [6.07, 6.45) is 0.176. The second-order valence-corrected chi connectivity index (χ2v) is 3.35. The molecular formula is C10H9F2N3O2. The van der Waals surface area contributed by atoms with Crippen molar-refractivity contribution in [1.82, 2.24) is 14.8 Å². The van der Waals surface area contributed by atoms with Crippen LogP contribution in [0.1, 0.15) is 10.4 Å². The highest BCUT2D eigenvalue weighted by Gasteiger charge is 2.16. The predicted molar refractivity (Wildman–Crippen MR) is 54.8 cm³/mol. The Kier molecular flexibility index (Phi) is 2.99. The molecule has 0 saturated heterocycles. The number of fused-ring (bicyclic) bond motifs is 1. The third-order valence-electron chi connectivity index (χ3n) is 2.20. The zero-order valence-electron chi connectivity index (χ0n) is 8.93. The van der Waals surface area contributed by atoms with Crippen LogP contribution in [0.15, 0.2) is 18.5 Å². The van der Waals surface area contributed by atoms with E-state index >= 15 is 0 Å². The number of ether oxygens (including phenoxy) is 1. The van der Waals surface area contributed by atoms with Gasteiger partial charge in [0.05, 0.1) is 17.1 Å². The van der Waals surface area contributed by atoms with Gasteiger partial charge < -0.3 is 4.74 Å². The smallest absolute Gasteiger partial charge is 0.339 e. The molecule has 0 amide bonds. The highest BCUT2D eigenvalue weighted by atomic mass is 19.3. The van der Waals surface area contributed by atoms with Crippen LogP contribution in [0.5, 0.6) is 0 Å². The third kappa shape index (κ3) is 2.22. The summed E-state index contributed by atoms with van der Waals surface area (Å²) < 4.78 is 29.8. The summed E-state index contributed by atoms with van der Waals surface area (Å²) in [4.78, 5) is 15.6. The van der Waals surface area contributed by atoms with E-state index in [1.807, 2.05) is 0 Å². The Bertz CT molecular complexity index is 553. The van der Waals surface area contributed by atoms with Crippen molar-refractivity contribution in [3.05, 3.63) is 24.0 Å². The normalized spacial score (nSPS) is 11.1. The Hall–Kier alpha value is -2.05. The number of halogens is 2. The Morgan fingerprint density at radius 2 is 2.35 bits per heavy atom. The minimum absolute atomic E-state index is 0.184. The fourth-order valence-electron chi connectivity index (χ4n) is 1.44. The second kappa shape index (κ2) is 4.44. The van der Waals surface area contributed by atoms with Gasteiger partial charge in [0, 0.05) is 13.2 Å². The quantitative estimate of drug-likeness (QED) is 0.762. The van der Waals surface area contributed by atoms with Crippen LogP contribution in [0, 0.1) is 0 Å². The number of carbonyl (C=O) groups is 1. The molecule has 2 heterocycles. The minimum Gasteiger partial charge on any atom is -0.456 e. The number of aromatic nitrogens is 3. The number of carbonyl (C=O) groups excluding carboxylic acids is 1. The summed E-state index contributed by atoms with van der Waals surface area (Å²) in [7, 11) is 1.67. The Morgan fingerprint density at radius 1 is 1.59 bits per heavy atom. The molecule has 2 aromatic heterocycles. The molecule has 0 aromatic carbocycles. The maximum atomic E-state index is 11.9. The summed E-state index contributed by atoms with van der Waals surface area (Å²) in [5.41, 5.74) is 0.681. The average Bonchev–Trinajstić information content (AvgIpc) is 2.68. The number of nitrogens with zero attached hydrogens (tertiary/aromatic N) is 3. The summed E-state index contributed by atoms with van der Waals surface area (Å²) in [5, 5.41) is 4.41. The highest BCUT2D eigenvalue weighted by Crippen LogP contribution is 2.16. The van der Waals surface area contributed by atoms with Gasteiger partial charge in [-0.05, 0) is 6.07 Å². The van der Waals surface area contributed by atoms with Crippen molar-refractivity contribution in [2.75, 3.05) is 6.61 Å². The standard InChI is InChI=1S/C10H9F2N3O2/c1-15-9-7(4-14-15)6(2-3-13-9)10(16)17-5-8(11)12/h2-4,8H,5H2,1H3. The number of hydrogen-bond acceptors (Lipinski definition) is 4. The molecule has 0 radical (unpaired) electrons. The molecule has 7 heteroatoms. The molecule has 0 aliphatic carbocycles. The topological polar surface area (TPSA) is 57.0 Å². The van der Waals surface area contributed by atoms with Gasteiger partial charge in [-0.2, -0.15) is 5.10 Å². The van der Waals surface area contributed by atoms with E-state index in [4.69, 9.17) is 0 Å². The van der Waals surface area contributed by atoms with Crippen molar-refractivity contribution in [2.45, 2.75) is 6.43 Å². The predicted octanol–water partition coefficient (Wildman–Crippen LogP) is 1.39. The van der Waals surface area contributed by atoms with Crippen molar-refractivity contribution in [3.8, 4) is 0 Å². The van der Waals surface area contributed by atoms with Gasteiger partial charge in [-0.3, -0.25) is 4.68 Å². The number of pyridine rings is 1. The molecule has 0 unspecified atom stereocenters. The van der Waals surface area contributed by atoms with E-state index in [0.717, 1.165) is 0 Å². The van der Waals surface area contributed by atoms with Crippen molar-refractivity contribution in [3.63, 3.8) is 0 Å². The van der Waals surface area contributed by atoms with Gasteiger partial charge in [0.1, 0.15) is 0 Å². The van der Waals surface area contributed by atoms with E-state index in [0.29, 0.717) is 11.0 Å². The second-order valence-electron chi connectivity index (χ2n) is 3.35. The lowest BCUT2D eigenvalue weighted by Crippen LogP contribution is -2.12. The molecule has 0 bridgehead atoms. The molecule has 0 fully saturated rings. The van der Waals surface area contributed by atoms with Crippen LogP contribution >= 0.6 is 0 Å². The molecule has 90 valence electrons. The molecule has 0 spiro atoms. The molecule has 2 rings (SSSR count). The van der Waals surface area contributed by atoms with Crippen molar-refractivity contribution >= 4 is 17.0 Å². The first-order chi connectivity index (χ1) is 8.09. The van der Waals surface area contributed by atoms with E-state index in [-0.39, 0.29) is 5.56 Å². The zero-order valence-corrected chi connectivity index (χ0v) is 8.93. The molecule has 2 aromatic rings. The molecule has 5 nitrogen and oxygen atoms in total. The van der Waals surface area contributed by atoms with Crippen molar-refractivity contribution in [2.24, 2.45) is 7.05 Å². The first-order valence-electron chi connectivity index (χ1n) is 4.81. The lowest BCUT2D eigenvalue weighted by atomic mass is 10.2. The Labute approximate surface area is 95.0 Å². The maximum absolute atomic E-state index is 11.9. The van der Waals surface area contributed by atoms with Gasteiger partial charge >= 0.3 is 5.97 Å². The molecule has 0 atom stereocenters. The molecule has 0 N–H and O–H groups in total. The van der Waals surface area contributed by atoms with E-state index in [9.17, 15) is 13.6 Å².